The molecule has 0 aromatic carbocycles. The summed E-state index contributed by atoms with van der Waals surface area (Å²) in [6, 6.07) is -0.882. The van der Waals surface area contributed by atoms with Crippen molar-refractivity contribution in [3.05, 3.63) is 36.5 Å². The number of carbonyl (C=O) groups excluding carboxylic acids is 2. The van der Waals surface area contributed by atoms with Gasteiger partial charge in [0, 0.05) is 12.8 Å². The van der Waals surface area contributed by atoms with E-state index in [2.05, 4.69) is 50.4 Å². The van der Waals surface area contributed by atoms with Gasteiger partial charge in [-0.25, -0.2) is 0 Å². The first kappa shape index (κ1) is 71.2. The largest absolute Gasteiger partial charge is 0.756 e. The molecule has 0 bridgehead atoms. The Morgan fingerprint density at radius 3 is 1.26 bits per heavy atom. The summed E-state index contributed by atoms with van der Waals surface area (Å²) < 4.78 is 30.3. The standard InChI is InChI=1S/C63H121N2O7P/c1-7-10-13-16-19-22-25-26-27-28-29-30-31-32-33-34-35-36-37-38-41-43-46-49-52-55-62(66)64-60(59-71-73(68,69)70-58-57-65(4,5)6)61(54-51-48-45-42-39-23-20-17-14-11-8-2)72-63(67)56-53-50-47-44-40-24-21-18-15-12-9-3/h19,22,26-27,51,54,60-61H,7-18,20-21,23-25,28-50,52-53,55-59H2,1-6H3,(H-,64,66,68,69)/b22-19-,27-26-,54-51-. The fraction of sp³-hybridized carbons (Fsp3) is 0.873. The molecule has 0 aliphatic heterocycles. The van der Waals surface area contributed by atoms with Gasteiger partial charge in [0.25, 0.3) is 7.82 Å². The van der Waals surface area contributed by atoms with Crippen molar-refractivity contribution in [3.8, 4) is 0 Å². The van der Waals surface area contributed by atoms with Crippen LogP contribution in [0.3, 0.4) is 0 Å². The summed E-state index contributed by atoms with van der Waals surface area (Å²) in [5.74, 6) is -0.530. The third-order valence-electron chi connectivity index (χ3n) is 14.1. The first-order chi connectivity index (χ1) is 35.4. The monoisotopic (exact) mass is 1050 g/mol. The maximum atomic E-state index is 13.5. The molecule has 73 heavy (non-hydrogen) atoms. The number of unbranched alkanes of at least 4 members (excludes halogenated alkanes) is 37. The van der Waals surface area contributed by atoms with Crippen LogP contribution in [0.15, 0.2) is 36.5 Å². The number of hydrogen-bond donors (Lipinski definition) is 1. The molecule has 9 nitrogen and oxygen atoms in total. The molecule has 0 aromatic heterocycles. The molecule has 3 unspecified atom stereocenters. The zero-order valence-electron chi connectivity index (χ0n) is 49.1. The van der Waals surface area contributed by atoms with Gasteiger partial charge < -0.3 is 28.5 Å². The van der Waals surface area contributed by atoms with Gasteiger partial charge in [-0.3, -0.25) is 14.2 Å². The average molecular weight is 1050 g/mol. The number of phosphoric ester groups is 1. The van der Waals surface area contributed by atoms with Crippen LogP contribution in [-0.2, 0) is 27.9 Å². The summed E-state index contributed by atoms with van der Waals surface area (Å²) in [5.41, 5.74) is 0. The fourth-order valence-electron chi connectivity index (χ4n) is 9.20. The summed E-state index contributed by atoms with van der Waals surface area (Å²) in [6.45, 7) is 6.83. The minimum absolute atomic E-state index is 0.0195. The molecule has 0 fully saturated rings. The quantitative estimate of drug-likeness (QED) is 0.0212. The van der Waals surface area contributed by atoms with Crippen molar-refractivity contribution in [1.82, 2.24) is 5.32 Å². The predicted molar refractivity (Wildman–Crippen MR) is 312 cm³/mol. The number of likely N-dealkylation sites (N-methyl/N-ethyl adjacent to an activating group) is 1. The SMILES string of the molecule is CCCCC/C=C\C/C=C\CCCCCCCCCCCCCCCCCC(=O)NC(COP(=O)([O-])OCC[N+](C)(C)C)C(/C=C\CCCCCCCCCCC)OC(=O)CCCCCCCCCCCCC. The van der Waals surface area contributed by atoms with Crippen LogP contribution in [-0.4, -0.2) is 69.4 Å². The van der Waals surface area contributed by atoms with Crippen LogP contribution < -0.4 is 10.2 Å². The first-order valence-electron chi connectivity index (χ1n) is 31.3. The summed E-state index contributed by atoms with van der Waals surface area (Å²) in [5, 5.41) is 3.03. The van der Waals surface area contributed by atoms with Gasteiger partial charge in [0.05, 0.1) is 33.8 Å². The van der Waals surface area contributed by atoms with Gasteiger partial charge in [-0.05, 0) is 63.9 Å². The lowest BCUT2D eigenvalue weighted by Crippen LogP contribution is -2.47. The molecule has 0 aliphatic carbocycles. The molecule has 0 radical (unpaired) electrons. The highest BCUT2D eigenvalue weighted by Gasteiger charge is 2.27. The molecule has 430 valence electrons. The molecule has 0 saturated carbocycles. The van der Waals surface area contributed by atoms with Crippen molar-refractivity contribution in [2.75, 3.05) is 40.9 Å². The van der Waals surface area contributed by atoms with Crippen LogP contribution in [0.5, 0.6) is 0 Å². The molecule has 0 spiro atoms. The number of rotatable bonds is 57. The lowest BCUT2D eigenvalue weighted by Gasteiger charge is -2.30. The normalized spacial score (nSPS) is 13.9. The van der Waals surface area contributed by atoms with Gasteiger partial charge in [-0.2, -0.15) is 0 Å². The van der Waals surface area contributed by atoms with E-state index in [-0.39, 0.29) is 31.5 Å². The summed E-state index contributed by atoms with van der Waals surface area (Å²) in [6.07, 6.45) is 64.0. The molecular formula is C63H121N2O7P. The average Bonchev–Trinajstić information content (AvgIpc) is 3.35. The number of allylic oxidation sites excluding steroid dienone is 5. The third-order valence-corrected chi connectivity index (χ3v) is 15.0. The van der Waals surface area contributed by atoms with Gasteiger partial charge in [0.1, 0.15) is 19.3 Å². The Kier molecular flexibility index (Phi) is 52.3. The second kappa shape index (κ2) is 53.6. The van der Waals surface area contributed by atoms with Crippen molar-refractivity contribution in [3.63, 3.8) is 0 Å². The highest BCUT2D eigenvalue weighted by Crippen LogP contribution is 2.38. The molecule has 3 atom stereocenters. The Balaban J connectivity index is 5.00. The van der Waals surface area contributed by atoms with E-state index in [1.165, 1.54) is 205 Å². The van der Waals surface area contributed by atoms with E-state index >= 15 is 0 Å². The summed E-state index contributed by atoms with van der Waals surface area (Å²) in [4.78, 5) is 39.9. The van der Waals surface area contributed by atoms with Crippen LogP contribution in [0.1, 0.15) is 303 Å². The van der Waals surface area contributed by atoms with Gasteiger partial charge in [0.2, 0.25) is 5.91 Å². The van der Waals surface area contributed by atoms with Gasteiger partial charge in [0.15, 0.2) is 0 Å². The summed E-state index contributed by atoms with van der Waals surface area (Å²) >= 11 is 0. The molecule has 0 rings (SSSR count). The highest BCUT2D eigenvalue weighted by atomic mass is 31.2. The van der Waals surface area contributed by atoms with Crippen molar-refractivity contribution < 1.29 is 37.3 Å². The number of amides is 1. The number of carbonyl (C=O) groups is 2. The molecule has 0 heterocycles. The van der Waals surface area contributed by atoms with Crippen LogP contribution in [0.2, 0.25) is 0 Å². The minimum Gasteiger partial charge on any atom is -0.756 e. The zero-order chi connectivity index (χ0) is 53.6. The number of ether oxygens (including phenoxy) is 1. The van der Waals surface area contributed by atoms with E-state index in [9.17, 15) is 19.0 Å². The number of quaternary nitrogens is 1. The van der Waals surface area contributed by atoms with E-state index in [1.807, 2.05) is 33.3 Å². The van der Waals surface area contributed by atoms with Crippen LogP contribution in [0, 0.1) is 0 Å². The van der Waals surface area contributed by atoms with Crippen LogP contribution >= 0.6 is 7.82 Å². The first-order valence-corrected chi connectivity index (χ1v) is 32.8. The van der Waals surface area contributed by atoms with E-state index in [0.29, 0.717) is 17.4 Å². The van der Waals surface area contributed by atoms with Crippen molar-refractivity contribution in [2.24, 2.45) is 0 Å². The molecule has 1 amide bonds. The number of esters is 1. The Hall–Kier alpha value is -1.77. The Bertz CT molecular complexity index is 1350. The highest BCUT2D eigenvalue weighted by molar-refractivity contribution is 7.45. The van der Waals surface area contributed by atoms with Crippen LogP contribution in [0.25, 0.3) is 0 Å². The Morgan fingerprint density at radius 1 is 0.479 bits per heavy atom. The lowest BCUT2D eigenvalue weighted by atomic mass is 10.0. The number of nitrogens with zero attached hydrogens (tertiary/aromatic N) is 1. The van der Waals surface area contributed by atoms with Gasteiger partial charge >= 0.3 is 5.97 Å². The Morgan fingerprint density at radius 2 is 0.836 bits per heavy atom. The maximum Gasteiger partial charge on any atom is 0.306 e. The molecule has 0 saturated heterocycles. The molecular weight excluding hydrogens is 928 g/mol. The van der Waals surface area contributed by atoms with E-state index in [4.69, 9.17) is 13.8 Å². The zero-order valence-corrected chi connectivity index (χ0v) is 50.0. The van der Waals surface area contributed by atoms with Crippen molar-refractivity contribution in [2.45, 2.75) is 315 Å². The minimum atomic E-state index is -4.69. The number of phosphoric acid groups is 1. The maximum absolute atomic E-state index is 13.5. The molecule has 0 aromatic rings. The summed E-state index contributed by atoms with van der Waals surface area (Å²) in [7, 11) is 1.20. The van der Waals surface area contributed by atoms with Crippen molar-refractivity contribution >= 4 is 19.7 Å². The lowest BCUT2D eigenvalue weighted by molar-refractivity contribution is -0.870. The second-order valence-corrected chi connectivity index (χ2v) is 24.0. The van der Waals surface area contributed by atoms with E-state index in [0.717, 1.165) is 64.2 Å². The molecule has 1 N–H and O–H groups in total. The number of nitrogens with one attached hydrogen (secondary N) is 1. The predicted octanol–water partition coefficient (Wildman–Crippen LogP) is 18.5. The van der Waals surface area contributed by atoms with E-state index in [1.54, 1.807) is 0 Å². The number of hydrogen-bond acceptors (Lipinski definition) is 7. The van der Waals surface area contributed by atoms with Gasteiger partial charge in [-0.15, -0.1) is 0 Å². The van der Waals surface area contributed by atoms with Crippen LogP contribution in [0.4, 0.5) is 0 Å². The Labute approximate surface area is 453 Å². The fourth-order valence-corrected chi connectivity index (χ4v) is 9.92. The topological polar surface area (TPSA) is 114 Å². The molecule has 10 heteroatoms. The third kappa shape index (κ3) is 54.8. The van der Waals surface area contributed by atoms with Gasteiger partial charge in [-0.1, -0.05) is 263 Å². The molecule has 0 aliphatic rings. The van der Waals surface area contributed by atoms with E-state index < -0.39 is 20.0 Å². The second-order valence-electron chi connectivity index (χ2n) is 22.6. The van der Waals surface area contributed by atoms with Crippen molar-refractivity contribution in [1.29, 1.82) is 0 Å². The smallest absolute Gasteiger partial charge is 0.306 e.